The highest BCUT2D eigenvalue weighted by molar-refractivity contribution is 7.15. The summed E-state index contributed by atoms with van der Waals surface area (Å²) in [6.07, 6.45) is 1.55. The van der Waals surface area contributed by atoms with Crippen molar-refractivity contribution in [2.24, 2.45) is 0 Å². The van der Waals surface area contributed by atoms with Gasteiger partial charge in [-0.15, -0.1) is 11.3 Å². The molecule has 3 heterocycles. The van der Waals surface area contributed by atoms with Crippen LogP contribution >= 0.6 is 11.3 Å². The Kier molecular flexibility index (Phi) is 3.93. The van der Waals surface area contributed by atoms with Gasteiger partial charge in [-0.3, -0.25) is 9.89 Å². The Morgan fingerprint density at radius 2 is 2.24 bits per heavy atom. The smallest absolute Gasteiger partial charge is 0.272 e. The lowest BCUT2D eigenvalue weighted by molar-refractivity contribution is 0.0727. The molecule has 1 aromatic carbocycles. The van der Waals surface area contributed by atoms with E-state index >= 15 is 0 Å². The highest BCUT2D eigenvalue weighted by Crippen LogP contribution is 2.39. The van der Waals surface area contributed by atoms with Gasteiger partial charge in [-0.1, -0.05) is 0 Å². The van der Waals surface area contributed by atoms with E-state index in [4.69, 9.17) is 4.74 Å². The molecule has 7 heteroatoms. The van der Waals surface area contributed by atoms with E-state index in [1.165, 1.54) is 4.88 Å². The summed E-state index contributed by atoms with van der Waals surface area (Å²) in [6.45, 7) is 3.20. The van der Waals surface area contributed by atoms with E-state index in [9.17, 15) is 9.90 Å². The Bertz CT molecular complexity index is 918. The topological polar surface area (TPSA) is 78.5 Å². The maximum atomic E-state index is 12.6. The van der Waals surface area contributed by atoms with Crippen molar-refractivity contribution in [2.45, 2.75) is 13.5 Å². The third kappa shape index (κ3) is 2.98. The van der Waals surface area contributed by atoms with E-state index in [1.54, 1.807) is 34.6 Å². The molecule has 2 N–H and O–H groups in total. The lowest BCUT2D eigenvalue weighted by Crippen LogP contribution is -2.32. The van der Waals surface area contributed by atoms with Gasteiger partial charge in [-0.2, -0.15) is 5.10 Å². The fourth-order valence-corrected chi connectivity index (χ4v) is 3.80. The van der Waals surface area contributed by atoms with Crippen molar-refractivity contribution >= 4 is 17.2 Å². The van der Waals surface area contributed by atoms with Crippen molar-refractivity contribution < 1.29 is 14.6 Å². The van der Waals surface area contributed by atoms with Gasteiger partial charge in [0.25, 0.3) is 5.91 Å². The Morgan fingerprint density at radius 3 is 2.96 bits per heavy atom. The molecule has 0 saturated carbocycles. The minimum absolute atomic E-state index is 0.106. The van der Waals surface area contributed by atoms with Gasteiger partial charge in [0.05, 0.1) is 6.54 Å². The van der Waals surface area contributed by atoms with Gasteiger partial charge in [-0.25, -0.2) is 0 Å². The molecule has 1 aliphatic heterocycles. The Labute approximate surface area is 148 Å². The molecule has 0 unspecified atom stereocenters. The number of phenols is 1. The van der Waals surface area contributed by atoms with Crippen molar-refractivity contribution in [1.82, 2.24) is 15.1 Å². The van der Waals surface area contributed by atoms with E-state index in [2.05, 4.69) is 10.2 Å². The summed E-state index contributed by atoms with van der Waals surface area (Å²) in [7, 11) is 0. The second-order valence-corrected chi connectivity index (χ2v) is 7.23. The van der Waals surface area contributed by atoms with E-state index in [0.29, 0.717) is 31.1 Å². The lowest BCUT2D eigenvalue weighted by atomic mass is 10.1. The molecule has 4 rings (SSSR count). The van der Waals surface area contributed by atoms with Gasteiger partial charge in [-0.05, 0) is 42.8 Å². The number of aromatic hydroxyl groups is 1. The molecule has 3 aromatic rings. The Hall–Kier alpha value is -2.80. The van der Waals surface area contributed by atoms with Gasteiger partial charge < -0.3 is 14.7 Å². The predicted octanol–water partition coefficient (Wildman–Crippen LogP) is 3.19. The first-order valence-electron chi connectivity index (χ1n) is 7.96. The first kappa shape index (κ1) is 15.7. The molecule has 0 bridgehead atoms. The average Bonchev–Trinajstić information content (AvgIpc) is 3.22. The summed E-state index contributed by atoms with van der Waals surface area (Å²) < 4.78 is 5.71. The van der Waals surface area contributed by atoms with Crippen LogP contribution < -0.4 is 4.74 Å². The highest BCUT2D eigenvalue weighted by Gasteiger charge is 2.24. The van der Waals surface area contributed by atoms with Crippen molar-refractivity contribution in [3.8, 4) is 21.9 Å². The molecular weight excluding hydrogens is 338 g/mol. The zero-order valence-corrected chi connectivity index (χ0v) is 14.5. The van der Waals surface area contributed by atoms with Crippen molar-refractivity contribution in [3.63, 3.8) is 0 Å². The molecular formula is C18H17N3O3S. The van der Waals surface area contributed by atoms with Gasteiger partial charge in [0.1, 0.15) is 12.3 Å². The summed E-state index contributed by atoms with van der Waals surface area (Å²) in [5.41, 5.74) is 2.16. The molecule has 0 fully saturated rings. The van der Waals surface area contributed by atoms with Crippen LogP contribution in [0.3, 0.4) is 0 Å². The number of benzene rings is 1. The number of aromatic nitrogens is 2. The molecule has 0 radical (unpaired) electrons. The molecule has 128 valence electrons. The fraction of sp³-hybridized carbons (Fsp3) is 0.222. The zero-order chi connectivity index (χ0) is 17.4. The molecule has 6 nitrogen and oxygen atoms in total. The number of nitrogens with one attached hydrogen (secondary N) is 1. The van der Waals surface area contributed by atoms with Crippen LogP contribution in [0.2, 0.25) is 0 Å². The van der Waals surface area contributed by atoms with E-state index in [0.717, 1.165) is 16.0 Å². The van der Waals surface area contributed by atoms with E-state index in [-0.39, 0.29) is 11.7 Å². The minimum atomic E-state index is -0.134. The van der Waals surface area contributed by atoms with Crippen molar-refractivity contribution in [2.75, 3.05) is 13.2 Å². The molecule has 0 aliphatic carbocycles. The third-order valence-corrected chi connectivity index (χ3v) is 5.21. The number of rotatable bonds is 2. The van der Waals surface area contributed by atoms with Crippen LogP contribution in [0.4, 0.5) is 0 Å². The minimum Gasteiger partial charge on any atom is -0.504 e. The predicted molar refractivity (Wildman–Crippen MR) is 95.0 cm³/mol. The summed E-state index contributed by atoms with van der Waals surface area (Å²) in [5.74, 6) is 0.428. The maximum absolute atomic E-state index is 12.6. The van der Waals surface area contributed by atoms with Crippen LogP contribution in [0, 0.1) is 6.92 Å². The third-order valence-electron chi connectivity index (χ3n) is 4.16. The summed E-state index contributed by atoms with van der Waals surface area (Å²) >= 11 is 1.66. The molecule has 1 aliphatic rings. The van der Waals surface area contributed by atoms with E-state index in [1.807, 2.05) is 25.1 Å². The maximum Gasteiger partial charge on any atom is 0.272 e. The van der Waals surface area contributed by atoms with Crippen LogP contribution in [0.1, 0.15) is 20.9 Å². The van der Waals surface area contributed by atoms with Crippen molar-refractivity contribution in [3.05, 3.63) is 52.7 Å². The van der Waals surface area contributed by atoms with Crippen molar-refractivity contribution in [1.29, 1.82) is 0 Å². The van der Waals surface area contributed by atoms with E-state index < -0.39 is 0 Å². The van der Waals surface area contributed by atoms with Gasteiger partial charge in [0.2, 0.25) is 0 Å². The number of aromatic amines is 1. The zero-order valence-electron chi connectivity index (χ0n) is 13.7. The second-order valence-electron chi connectivity index (χ2n) is 5.94. The molecule has 0 saturated heterocycles. The number of phenolic OH excluding ortho intramolecular Hbond substituents is 1. The Morgan fingerprint density at radius 1 is 1.36 bits per heavy atom. The average molecular weight is 355 g/mol. The number of ether oxygens (including phenoxy) is 1. The van der Waals surface area contributed by atoms with Crippen LogP contribution in [0.5, 0.6) is 11.5 Å². The van der Waals surface area contributed by atoms with Crippen LogP contribution in [0.15, 0.2) is 36.5 Å². The lowest BCUT2D eigenvalue weighted by Gasteiger charge is -2.19. The standard InChI is InChI=1S/C18H17N3O3S/c1-11-2-3-16(25-11)12-8-13-10-21(18(23)14-4-5-19-20-14)6-7-24-17(13)15(22)9-12/h2-5,8-9,22H,6-7,10H2,1H3,(H,19,20). The molecule has 2 aromatic heterocycles. The number of thiophene rings is 1. The number of carbonyl (C=O) groups is 1. The van der Waals surface area contributed by atoms with Crippen LogP contribution in [-0.4, -0.2) is 39.3 Å². The summed E-state index contributed by atoms with van der Waals surface area (Å²) in [5, 5.41) is 16.9. The number of H-pyrrole nitrogens is 1. The molecule has 25 heavy (non-hydrogen) atoms. The Balaban J connectivity index is 1.70. The highest BCUT2D eigenvalue weighted by atomic mass is 32.1. The molecule has 1 amide bonds. The summed E-state index contributed by atoms with van der Waals surface area (Å²) in [4.78, 5) is 16.6. The van der Waals surface area contributed by atoms with Gasteiger partial charge >= 0.3 is 0 Å². The number of nitrogens with zero attached hydrogens (tertiary/aromatic N) is 2. The fourth-order valence-electron chi connectivity index (χ4n) is 2.95. The number of carbonyl (C=O) groups excluding carboxylic acids is 1. The monoisotopic (exact) mass is 355 g/mol. The number of amides is 1. The summed E-state index contributed by atoms with van der Waals surface area (Å²) in [6, 6.07) is 9.44. The SMILES string of the molecule is Cc1ccc(-c2cc(O)c3c(c2)CN(C(=O)c2ccn[nH]2)CCO3)s1. The first-order chi connectivity index (χ1) is 12.1. The molecule has 0 atom stereocenters. The normalized spacial score (nSPS) is 13.9. The number of fused-ring (bicyclic) bond motifs is 1. The van der Waals surface area contributed by atoms with Crippen LogP contribution in [-0.2, 0) is 6.54 Å². The number of aryl methyl sites for hydroxylation is 1. The second kappa shape index (κ2) is 6.25. The molecule has 0 spiro atoms. The largest absolute Gasteiger partial charge is 0.504 e. The number of hydrogen-bond acceptors (Lipinski definition) is 5. The first-order valence-corrected chi connectivity index (χ1v) is 8.77. The van der Waals surface area contributed by atoms with Gasteiger partial charge in [0.15, 0.2) is 11.5 Å². The number of hydrogen-bond donors (Lipinski definition) is 2. The van der Waals surface area contributed by atoms with Crippen LogP contribution in [0.25, 0.3) is 10.4 Å². The van der Waals surface area contributed by atoms with Gasteiger partial charge in [0, 0.05) is 28.1 Å². The quantitative estimate of drug-likeness (QED) is 0.740.